The number of ether oxygens (including phenoxy) is 1. The first kappa shape index (κ1) is 18.3. The van der Waals surface area contributed by atoms with Gasteiger partial charge in [0.05, 0.1) is 23.3 Å². The van der Waals surface area contributed by atoms with Crippen LogP contribution in [0.1, 0.15) is 37.7 Å². The fraction of sp³-hybridized carbons (Fsp3) is 0.600. The number of aromatic nitrogens is 1. The zero-order chi connectivity index (χ0) is 19.2. The van der Waals surface area contributed by atoms with Crippen molar-refractivity contribution in [2.24, 2.45) is 0 Å². The van der Waals surface area contributed by atoms with Crippen molar-refractivity contribution >= 4 is 17.0 Å². The third-order valence-corrected chi connectivity index (χ3v) is 6.25. The molecule has 2 heterocycles. The van der Waals surface area contributed by atoms with Crippen LogP contribution in [0.3, 0.4) is 0 Å². The van der Waals surface area contributed by atoms with Gasteiger partial charge >= 0.3 is 5.76 Å². The number of hydrogen-bond donors (Lipinski definition) is 1. The second-order valence-corrected chi connectivity index (χ2v) is 7.79. The average molecular weight is 374 g/mol. The summed E-state index contributed by atoms with van der Waals surface area (Å²) >= 11 is 0. The number of hydrogen-bond acceptors (Lipinski definition) is 5. The largest absolute Gasteiger partial charge is 0.419 e. The SMILES string of the molecule is CO[C@@]12CC[C@H](O)C[C@@H]1N(C(=O)CCn1c(=O)oc3ccc(C)cc31)CC2. The summed E-state index contributed by atoms with van der Waals surface area (Å²) in [7, 11) is 1.69. The van der Waals surface area contributed by atoms with Crippen LogP contribution in [0, 0.1) is 6.92 Å². The van der Waals surface area contributed by atoms with Gasteiger partial charge in [-0.05, 0) is 50.3 Å². The van der Waals surface area contributed by atoms with Crippen molar-refractivity contribution in [1.82, 2.24) is 9.47 Å². The van der Waals surface area contributed by atoms with E-state index in [0.29, 0.717) is 30.5 Å². The highest BCUT2D eigenvalue weighted by Crippen LogP contribution is 2.42. The first-order valence-electron chi connectivity index (χ1n) is 9.56. The van der Waals surface area contributed by atoms with Crippen molar-refractivity contribution in [1.29, 1.82) is 0 Å². The van der Waals surface area contributed by atoms with Crippen LogP contribution >= 0.6 is 0 Å². The summed E-state index contributed by atoms with van der Waals surface area (Å²) in [6, 6.07) is 5.47. The number of oxazole rings is 1. The Balaban J connectivity index is 1.51. The van der Waals surface area contributed by atoms with E-state index in [2.05, 4.69) is 0 Å². The molecule has 0 spiro atoms. The second-order valence-electron chi connectivity index (χ2n) is 7.79. The van der Waals surface area contributed by atoms with Crippen LogP contribution in [0.2, 0.25) is 0 Å². The molecule has 1 aromatic heterocycles. The first-order valence-corrected chi connectivity index (χ1v) is 9.56. The maximum Gasteiger partial charge on any atom is 0.419 e. The van der Waals surface area contributed by atoms with Gasteiger partial charge in [-0.3, -0.25) is 9.36 Å². The molecule has 2 aliphatic rings. The van der Waals surface area contributed by atoms with Crippen molar-refractivity contribution in [2.75, 3.05) is 13.7 Å². The van der Waals surface area contributed by atoms with Crippen molar-refractivity contribution < 1.29 is 19.1 Å². The Hall–Kier alpha value is -2.12. The lowest BCUT2D eigenvalue weighted by atomic mass is 9.79. The monoisotopic (exact) mass is 374 g/mol. The number of nitrogens with zero attached hydrogens (tertiary/aromatic N) is 2. The molecule has 7 nitrogen and oxygen atoms in total. The van der Waals surface area contributed by atoms with Gasteiger partial charge in [0.25, 0.3) is 0 Å². The maximum atomic E-state index is 12.9. The van der Waals surface area contributed by atoms with Crippen LogP contribution in [-0.4, -0.2) is 51.9 Å². The Morgan fingerprint density at radius 2 is 2.22 bits per heavy atom. The second kappa shape index (κ2) is 6.80. The zero-order valence-corrected chi connectivity index (χ0v) is 15.8. The van der Waals surface area contributed by atoms with Gasteiger partial charge in [0.1, 0.15) is 0 Å². The lowest BCUT2D eigenvalue weighted by Crippen LogP contribution is -2.52. The summed E-state index contributed by atoms with van der Waals surface area (Å²) in [5.74, 6) is -0.453. The summed E-state index contributed by atoms with van der Waals surface area (Å²) in [5, 5.41) is 10.1. The third-order valence-electron chi connectivity index (χ3n) is 6.25. The lowest BCUT2D eigenvalue weighted by molar-refractivity contribution is -0.140. The molecule has 146 valence electrons. The van der Waals surface area contributed by atoms with E-state index in [-0.39, 0.29) is 30.5 Å². The minimum Gasteiger partial charge on any atom is -0.408 e. The van der Waals surface area contributed by atoms with E-state index in [4.69, 9.17) is 9.15 Å². The van der Waals surface area contributed by atoms with E-state index in [1.165, 1.54) is 4.57 Å². The molecule has 2 aromatic rings. The van der Waals surface area contributed by atoms with Crippen LogP contribution in [0.25, 0.3) is 11.1 Å². The summed E-state index contributed by atoms with van der Waals surface area (Å²) in [5.41, 5.74) is 1.94. The van der Waals surface area contributed by atoms with Crippen LogP contribution < -0.4 is 5.76 Å². The van der Waals surface area contributed by atoms with E-state index < -0.39 is 11.9 Å². The normalized spacial score (nSPS) is 27.9. The summed E-state index contributed by atoms with van der Waals surface area (Å²) in [4.78, 5) is 26.9. The molecule has 0 bridgehead atoms. The van der Waals surface area contributed by atoms with Gasteiger partial charge < -0.3 is 19.2 Å². The maximum absolute atomic E-state index is 12.9. The Kier molecular flexibility index (Phi) is 4.60. The Labute approximate surface area is 157 Å². The van der Waals surface area contributed by atoms with Gasteiger partial charge in [-0.25, -0.2) is 4.79 Å². The number of carbonyl (C=O) groups is 1. The van der Waals surface area contributed by atoms with Crippen LogP contribution in [0.4, 0.5) is 0 Å². The molecule has 0 unspecified atom stereocenters. The molecule has 1 aromatic carbocycles. The van der Waals surface area contributed by atoms with E-state index >= 15 is 0 Å². The molecule has 1 saturated carbocycles. The van der Waals surface area contributed by atoms with E-state index in [1.54, 1.807) is 13.2 Å². The zero-order valence-electron chi connectivity index (χ0n) is 15.8. The summed E-state index contributed by atoms with van der Waals surface area (Å²) < 4.78 is 12.6. The van der Waals surface area contributed by atoms with Gasteiger partial charge in [0.2, 0.25) is 5.91 Å². The minimum atomic E-state index is -0.441. The number of methoxy groups -OCH3 is 1. The molecule has 3 atom stereocenters. The molecule has 7 heteroatoms. The molecule has 1 saturated heterocycles. The van der Waals surface area contributed by atoms with Crippen LogP contribution in [0.15, 0.2) is 27.4 Å². The number of carbonyl (C=O) groups excluding carboxylic acids is 1. The van der Waals surface area contributed by atoms with E-state index in [1.807, 2.05) is 24.0 Å². The highest BCUT2D eigenvalue weighted by Gasteiger charge is 2.52. The molecule has 27 heavy (non-hydrogen) atoms. The molecular formula is C20H26N2O5. The molecule has 1 N–H and O–H groups in total. The summed E-state index contributed by atoms with van der Waals surface area (Å²) in [6.45, 7) is 2.86. The van der Waals surface area contributed by atoms with Crippen LogP contribution in [0.5, 0.6) is 0 Å². The Morgan fingerprint density at radius 1 is 1.41 bits per heavy atom. The number of aryl methyl sites for hydroxylation is 2. The third kappa shape index (κ3) is 3.08. The van der Waals surface area contributed by atoms with Gasteiger partial charge in [-0.1, -0.05) is 6.07 Å². The minimum absolute atomic E-state index is 0.0121. The number of rotatable bonds is 4. The van der Waals surface area contributed by atoms with Crippen LogP contribution in [-0.2, 0) is 16.1 Å². The fourth-order valence-electron chi connectivity index (χ4n) is 4.71. The van der Waals surface area contributed by atoms with Crippen molar-refractivity contribution in [2.45, 2.75) is 63.3 Å². The Bertz CT molecular complexity index is 917. The number of fused-ring (bicyclic) bond motifs is 2. The number of benzene rings is 1. The molecule has 4 rings (SSSR count). The topological polar surface area (TPSA) is 84.9 Å². The number of aliphatic hydroxyl groups is 1. The molecule has 1 amide bonds. The highest BCUT2D eigenvalue weighted by molar-refractivity contribution is 5.78. The molecule has 2 fully saturated rings. The van der Waals surface area contributed by atoms with E-state index in [9.17, 15) is 14.7 Å². The highest BCUT2D eigenvalue weighted by atomic mass is 16.5. The van der Waals surface area contributed by atoms with Crippen molar-refractivity contribution in [3.05, 3.63) is 34.3 Å². The number of amides is 1. The molecule has 1 aliphatic heterocycles. The molecule has 1 aliphatic carbocycles. The van der Waals surface area contributed by atoms with Crippen molar-refractivity contribution in [3.8, 4) is 0 Å². The quantitative estimate of drug-likeness (QED) is 0.882. The van der Waals surface area contributed by atoms with Gasteiger partial charge in [-0.2, -0.15) is 0 Å². The lowest BCUT2D eigenvalue weighted by Gasteiger charge is -2.42. The predicted octanol–water partition coefficient (Wildman–Crippen LogP) is 1.82. The average Bonchev–Trinajstić information content (AvgIpc) is 3.17. The molecular weight excluding hydrogens is 348 g/mol. The summed E-state index contributed by atoms with van der Waals surface area (Å²) in [6.07, 6.45) is 2.64. The van der Waals surface area contributed by atoms with Crippen molar-refractivity contribution in [3.63, 3.8) is 0 Å². The van der Waals surface area contributed by atoms with E-state index in [0.717, 1.165) is 18.4 Å². The fourth-order valence-corrected chi connectivity index (χ4v) is 4.71. The standard InChI is InChI=1S/C20H26N2O5/c1-13-3-4-16-15(11-13)21(19(25)27-16)9-6-18(24)22-10-8-20(26-2)7-5-14(23)12-17(20)22/h3-4,11,14,17,23H,5-10,12H2,1-2H3/t14-,17-,20+/m0/s1. The van der Waals surface area contributed by atoms with Gasteiger partial charge in [0, 0.05) is 26.6 Å². The van der Waals surface area contributed by atoms with Gasteiger partial charge in [-0.15, -0.1) is 0 Å². The number of likely N-dealkylation sites (tertiary alicyclic amines) is 1. The predicted molar refractivity (Wildman–Crippen MR) is 99.5 cm³/mol. The number of aliphatic hydroxyl groups excluding tert-OH is 1. The van der Waals surface area contributed by atoms with Gasteiger partial charge in [0.15, 0.2) is 5.58 Å². The molecule has 0 radical (unpaired) electrons. The first-order chi connectivity index (χ1) is 12.9. The Morgan fingerprint density at radius 3 is 3.00 bits per heavy atom. The smallest absolute Gasteiger partial charge is 0.408 e.